The standard InChI is InChI=1S/C19H25N3O5/c1-4-12-7-8-14(22-17(23)19(25)27-6-3)13(11-12)15(18(24)26-5-2)16-20-9-10-21-16/h7-8,11,20-21H,4-6,9-10H2,1-3H3,(H,22,23). The second-order valence-corrected chi connectivity index (χ2v) is 5.73. The van der Waals surface area contributed by atoms with Gasteiger partial charge in [0.1, 0.15) is 11.4 Å². The van der Waals surface area contributed by atoms with E-state index in [1.54, 1.807) is 19.9 Å². The molecule has 0 atom stereocenters. The monoisotopic (exact) mass is 375 g/mol. The molecule has 1 aliphatic rings. The van der Waals surface area contributed by atoms with Crippen LogP contribution in [0.3, 0.4) is 0 Å². The van der Waals surface area contributed by atoms with Crippen LogP contribution in [0.5, 0.6) is 0 Å². The van der Waals surface area contributed by atoms with Gasteiger partial charge in [0.15, 0.2) is 0 Å². The molecule has 1 fully saturated rings. The molecule has 0 saturated carbocycles. The van der Waals surface area contributed by atoms with Gasteiger partial charge in [-0.1, -0.05) is 13.0 Å². The molecule has 0 spiro atoms. The predicted molar refractivity (Wildman–Crippen MR) is 101 cm³/mol. The van der Waals surface area contributed by atoms with E-state index in [0.717, 1.165) is 12.0 Å². The number of ether oxygens (including phenoxy) is 2. The number of hydrogen-bond acceptors (Lipinski definition) is 7. The number of benzene rings is 1. The summed E-state index contributed by atoms with van der Waals surface area (Å²) in [5.41, 5.74) is 2.06. The van der Waals surface area contributed by atoms with Crippen molar-refractivity contribution in [3.63, 3.8) is 0 Å². The summed E-state index contributed by atoms with van der Waals surface area (Å²) < 4.78 is 9.94. The molecule has 3 N–H and O–H groups in total. The fourth-order valence-electron chi connectivity index (χ4n) is 2.66. The first-order valence-corrected chi connectivity index (χ1v) is 9.02. The van der Waals surface area contributed by atoms with Crippen LogP contribution in [0.4, 0.5) is 5.69 Å². The molecule has 1 heterocycles. The van der Waals surface area contributed by atoms with Crippen LogP contribution in [0.2, 0.25) is 0 Å². The van der Waals surface area contributed by atoms with E-state index >= 15 is 0 Å². The molecule has 8 heteroatoms. The van der Waals surface area contributed by atoms with Crippen LogP contribution in [0.1, 0.15) is 31.9 Å². The van der Waals surface area contributed by atoms with Gasteiger partial charge in [-0.15, -0.1) is 0 Å². The SMILES string of the molecule is CCOC(=O)C(=O)Nc1ccc(CC)cc1C(C(=O)OCC)=C1NCCN1. The molecule has 0 unspecified atom stereocenters. The smallest absolute Gasteiger partial charge is 0.397 e. The Balaban J connectivity index is 2.50. The zero-order chi connectivity index (χ0) is 19.8. The topological polar surface area (TPSA) is 106 Å². The summed E-state index contributed by atoms with van der Waals surface area (Å²) in [5, 5.41) is 8.77. The molecule has 146 valence electrons. The maximum atomic E-state index is 12.6. The summed E-state index contributed by atoms with van der Waals surface area (Å²) in [7, 11) is 0. The van der Waals surface area contributed by atoms with Crippen molar-refractivity contribution in [2.45, 2.75) is 27.2 Å². The maximum Gasteiger partial charge on any atom is 0.397 e. The second kappa shape index (κ2) is 9.61. The third-order valence-electron chi connectivity index (χ3n) is 3.93. The van der Waals surface area contributed by atoms with Crippen molar-refractivity contribution in [2.75, 3.05) is 31.6 Å². The summed E-state index contributed by atoms with van der Waals surface area (Å²) in [6.45, 7) is 6.97. The quantitative estimate of drug-likeness (QED) is 0.389. The van der Waals surface area contributed by atoms with E-state index < -0.39 is 17.8 Å². The molecular weight excluding hydrogens is 350 g/mol. The number of esters is 2. The van der Waals surface area contributed by atoms with E-state index in [4.69, 9.17) is 9.47 Å². The zero-order valence-electron chi connectivity index (χ0n) is 15.8. The number of hydrogen-bond donors (Lipinski definition) is 3. The highest BCUT2D eigenvalue weighted by molar-refractivity contribution is 6.37. The number of nitrogens with one attached hydrogen (secondary N) is 3. The number of rotatable bonds is 6. The molecule has 1 saturated heterocycles. The van der Waals surface area contributed by atoms with Gasteiger partial charge in [0.05, 0.1) is 13.2 Å². The molecule has 8 nitrogen and oxygen atoms in total. The van der Waals surface area contributed by atoms with Gasteiger partial charge in [-0.2, -0.15) is 0 Å². The normalized spacial score (nSPS) is 12.6. The van der Waals surface area contributed by atoms with Crippen molar-refractivity contribution in [2.24, 2.45) is 0 Å². The number of carbonyl (C=O) groups excluding carboxylic acids is 3. The minimum Gasteiger partial charge on any atom is -0.462 e. The van der Waals surface area contributed by atoms with E-state index in [2.05, 4.69) is 16.0 Å². The Kier molecular flexibility index (Phi) is 7.22. The Morgan fingerprint density at radius 3 is 2.22 bits per heavy atom. The largest absolute Gasteiger partial charge is 0.462 e. The van der Waals surface area contributed by atoms with Crippen molar-refractivity contribution >= 4 is 29.1 Å². The molecule has 0 aliphatic carbocycles. The lowest BCUT2D eigenvalue weighted by molar-refractivity contribution is -0.152. The van der Waals surface area contributed by atoms with Crippen LogP contribution in [0.25, 0.3) is 5.57 Å². The summed E-state index contributed by atoms with van der Waals surface area (Å²) in [6, 6.07) is 5.30. The van der Waals surface area contributed by atoms with Gasteiger partial charge in [-0.3, -0.25) is 4.79 Å². The fraction of sp³-hybridized carbons (Fsp3) is 0.421. The molecule has 0 aromatic heterocycles. The van der Waals surface area contributed by atoms with E-state index in [-0.39, 0.29) is 18.8 Å². The molecule has 1 amide bonds. The lowest BCUT2D eigenvalue weighted by Crippen LogP contribution is -2.26. The van der Waals surface area contributed by atoms with Gasteiger partial charge in [0.2, 0.25) is 0 Å². The molecule has 1 aromatic carbocycles. The van der Waals surface area contributed by atoms with E-state index in [1.165, 1.54) is 0 Å². The van der Waals surface area contributed by atoms with Crippen molar-refractivity contribution in [1.82, 2.24) is 10.6 Å². The van der Waals surface area contributed by atoms with Crippen molar-refractivity contribution in [3.05, 3.63) is 35.1 Å². The highest BCUT2D eigenvalue weighted by Crippen LogP contribution is 2.29. The first kappa shape index (κ1) is 20.3. The summed E-state index contributed by atoms with van der Waals surface area (Å²) >= 11 is 0. The Morgan fingerprint density at radius 2 is 1.63 bits per heavy atom. The van der Waals surface area contributed by atoms with Gasteiger partial charge in [0, 0.05) is 24.3 Å². The number of aryl methyl sites for hydroxylation is 1. The molecule has 2 rings (SSSR count). The average Bonchev–Trinajstić information content (AvgIpc) is 3.17. The van der Waals surface area contributed by atoms with Crippen LogP contribution < -0.4 is 16.0 Å². The Labute approximate surface area is 158 Å². The van der Waals surface area contributed by atoms with Gasteiger partial charge < -0.3 is 25.4 Å². The van der Waals surface area contributed by atoms with E-state index in [0.29, 0.717) is 30.2 Å². The van der Waals surface area contributed by atoms with Gasteiger partial charge in [0.25, 0.3) is 0 Å². The van der Waals surface area contributed by atoms with Crippen LogP contribution in [0.15, 0.2) is 24.0 Å². The number of amides is 1. The molecule has 1 aliphatic heterocycles. The van der Waals surface area contributed by atoms with Crippen LogP contribution in [0, 0.1) is 0 Å². The molecule has 0 bridgehead atoms. The molecule has 27 heavy (non-hydrogen) atoms. The highest BCUT2D eigenvalue weighted by atomic mass is 16.5. The zero-order valence-corrected chi connectivity index (χ0v) is 15.8. The summed E-state index contributed by atoms with van der Waals surface area (Å²) in [4.78, 5) is 36.4. The fourth-order valence-corrected chi connectivity index (χ4v) is 2.66. The second-order valence-electron chi connectivity index (χ2n) is 5.73. The lowest BCUT2D eigenvalue weighted by Gasteiger charge is -2.17. The number of carbonyl (C=O) groups is 3. The van der Waals surface area contributed by atoms with Crippen molar-refractivity contribution in [3.8, 4) is 0 Å². The summed E-state index contributed by atoms with van der Waals surface area (Å²) in [6.07, 6.45) is 0.741. The first-order chi connectivity index (χ1) is 13.0. The van der Waals surface area contributed by atoms with Gasteiger partial charge in [-0.05, 0) is 38.0 Å². The predicted octanol–water partition coefficient (Wildman–Crippen LogP) is 1.18. The van der Waals surface area contributed by atoms with Gasteiger partial charge >= 0.3 is 17.8 Å². The third kappa shape index (κ3) is 4.99. The molecular formula is C19H25N3O5. The summed E-state index contributed by atoms with van der Waals surface area (Å²) in [5.74, 6) is -1.86. The Hall–Kier alpha value is -3.03. The van der Waals surface area contributed by atoms with Gasteiger partial charge in [-0.25, -0.2) is 9.59 Å². The van der Waals surface area contributed by atoms with Crippen LogP contribution in [-0.2, 0) is 30.3 Å². The maximum absolute atomic E-state index is 12.6. The number of anilines is 1. The Bertz CT molecular complexity index is 750. The van der Waals surface area contributed by atoms with Crippen molar-refractivity contribution < 1.29 is 23.9 Å². The molecule has 1 aromatic rings. The lowest BCUT2D eigenvalue weighted by atomic mass is 9.99. The van der Waals surface area contributed by atoms with Crippen LogP contribution in [-0.4, -0.2) is 44.1 Å². The van der Waals surface area contributed by atoms with E-state index in [9.17, 15) is 14.4 Å². The first-order valence-electron chi connectivity index (χ1n) is 9.02. The molecule has 0 radical (unpaired) electrons. The van der Waals surface area contributed by atoms with Crippen LogP contribution >= 0.6 is 0 Å². The third-order valence-corrected chi connectivity index (χ3v) is 3.93. The van der Waals surface area contributed by atoms with E-state index in [1.807, 2.05) is 19.1 Å². The highest BCUT2D eigenvalue weighted by Gasteiger charge is 2.26. The minimum absolute atomic E-state index is 0.0971. The van der Waals surface area contributed by atoms with Crippen molar-refractivity contribution in [1.29, 1.82) is 0 Å². The average molecular weight is 375 g/mol. The Morgan fingerprint density at radius 1 is 1.00 bits per heavy atom. The minimum atomic E-state index is -0.981.